The monoisotopic (exact) mass is 417 g/mol. The van der Waals surface area contributed by atoms with E-state index >= 15 is 0 Å². The average Bonchev–Trinajstić information content (AvgIpc) is 3.19. The Bertz CT molecular complexity index is 915. The standard InChI is InChI=1S/C21H24ClN3O4/c1-21(28,13-5-8-15(29-2)9-6-13)18-4-3-11-25(18)20(27)24-14-7-10-16(19(23)26)17(22)12-14/h5-10,12,18,28H,3-4,11H2,1-2H3,(H2,23,26)(H,24,27)/t18-,21-/m0/s1. The minimum absolute atomic E-state index is 0.165. The van der Waals surface area contributed by atoms with Crippen LogP contribution in [0, 0.1) is 0 Å². The summed E-state index contributed by atoms with van der Waals surface area (Å²) in [6, 6.07) is 10.9. The van der Waals surface area contributed by atoms with Gasteiger partial charge in [0.15, 0.2) is 0 Å². The van der Waals surface area contributed by atoms with Crippen molar-refractivity contribution in [2.75, 3.05) is 19.0 Å². The Balaban J connectivity index is 1.78. The molecule has 1 aliphatic rings. The number of likely N-dealkylation sites (tertiary alicyclic amines) is 1. The van der Waals surface area contributed by atoms with Gasteiger partial charge in [0.25, 0.3) is 0 Å². The zero-order valence-corrected chi connectivity index (χ0v) is 17.1. The number of rotatable bonds is 5. The molecule has 154 valence electrons. The van der Waals surface area contributed by atoms with E-state index in [2.05, 4.69) is 5.32 Å². The van der Waals surface area contributed by atoms with E-state index in [1.54, 1.807) is 49.3 Å². The summed E-state index contributed by atoms with van der Waals surface area (Å²) in [4.78, 5) is 25.8. The molecule has 7 nitrogen and oxygen atoms in total. The molecule has 29 heavy (non-hydrogen) atoms. The van der Waals surface area contributed by atoms with Crippen LogP contribution < -0.4 is 15.8 Å². The second kappa shape index (κ2) is 8.31. The summed E-state index contributed by atoms with van der Waals surface area (Å²) < 4.78 is 5.17. The van der Waals surface area contributed by atoms with Gasteiger partial charge in [-0.3, -0.25) is 4.79 Å². The van der Waals surface area contributed by atoms with Gasteiger partial charge in [0.05, 0.1) is 23.7 Å². The summed E-state index contributed by atoms with van der Waals surface area (Å²) in [6.45, 7) is 2.24. The second-order valence-corrected chi connectivity index (χ2v) is 7.62. The van der Waals surface area contributed by atoms with E-state index in [-0.39, 0.29) is 16.6 Å². The molecular weight excluding hydrogens is 394 g/mol. The van der Waals surface area contributed by atoms with E-state index in [4.69, 9.17) is 22.1 Å². The van der Waals surface area contributed by atoms with Crippen molar-refractivity contribution in [3.63, 3.8) is 0 Å². The number of hydrogen-bond acceptors (Lipinski definition) is 4. The predicted octanol–water partition coefficient (Wildman–Crippen LogP) is 3.35. The van der Waals surface area contributed by atoms with Gasteiger partial charge in [0.2, 0.25) is 5.91 Å². The van der Waals surface area contributed by atoms with Gasteiger partial charge in [-0.05, 0) is 55.7 Å². The number of amides is 3. The van der Waals surface area contributed by atoms with E-state index in [0.29, 0.717) is 30.0 Å². The van der Waals surface area contributed by atoms with E-state index < -0.39 is 17.6 Å². The summed E-state index contributed by atoms with van der Waals surface area (Å²) in [5, 5.41) is 14.2. The van der Waals surface area contributed by atoms with Crippen LogP contribution in [0.3, 0.4) is 0 Å². The quantitative estimate of drug-likeness (QED) is 0.693. The lowest BCUT2D eigenvalue weighted by Gasteiger charge is -2.37. The molecule has 1 fully saturated rings. The van der Waals surface area contributed by atoms with E-state index in [0.717, 1.165) is 6.42 Å². The number of urea groups is 1. The summed E-state index contributed by atoms with van der Waals surface area (Å²) in [7, 11) is 1.58. The molecule has 8 heteroatoms. The predicted molar refractivity (Wildman–Crippen MR) is 111 cm³/mol. The normalized spacial score (nSPS) is 18.2. The number of anilines is 1. The minimum Gasteiger partial charge on any atom is -0.497 e. The molecule has 0 spiro atoms. The maximum atomic E-state index is 12.9. The molecule has 2 aromatic carbocycles. The van der Waals surface area contributed by atoms with Gasteiger partial charge >= 0.3 is 6.03 Å². The lowest BCUT2D eigenvalue weighted by molar-refractivity contribution is -0.00944. The SMILES string of the molecule is COc1ccc([C@](C)(O)[C@@H]2CCCN2C(=O)Nc2ccc(C(N)=O)c(Cl)c2)cc1. The van der Waals surface area contributed by atoms with Crippen molar-refractivity contribution in [3.05, 3.63) is 58.6 Å². The molecule has 1 aliphatic heterocycles. The molecular formula is C21H24ClN3O4. The summed E-state index contributed by atoms with van der Waals surface area (Å²) in [6.07, 6.45) is 1.46. The maximum Gasteiger partial charge on any atom is 0.322 e. The summed E-state index contributed by atoms with van der Waals surface area (Å²) in [5.41, 5.74) is 5.36. The van der Waals surface area contributed by atoms with Crippen LogP contribution in [0.1, 0.15) is 35.7 Å². The maximum absolute atomic E-state index is 12.9. The van der Waals surface area contributed by atoms with Crippen LogP contribution in [0.25, 0.3) is 0 Å². The smallest absolute Gasteiger partial charge is 0.322 e. The van der Waals surface area contributed by atoms with Crippen LogP contribution in [0.5, 0.6) is 5.75 Å². The van der Waals surface area contributed by atoms with Crippen LogP contribution in [-0.4, -0.2) is 41.6 Å². The number of methoxy groups -OCH3 is 1. The highest BCUT2D eigenvalue weighted by atomic mass is 35.5. The lowest BCUT2D eigenvalue weighted by atomic mass is 9.86. The van der Waals surface area contributed by atoms with Crippen LogP contribution in [0.4, 0.5) is 10.5 Å². The number of aliphatic hydroxyl groups is 1. The molecule has 0 aromatic heterocycles. The highest BCUT2D eigenvalue weighted by Gasteiger charge is 2.42. The number of nitrogens with zero attached hydrogens (tertiary/aromatic N) is 1. The molecule has 0 unspecified atom stereocenters. The van der Waals surface area contributed by atoms with Gasteiger partial charge in [-0.15, -0.1) is 0 Å². The zero-order valence-electron chi connectivity index (χ0n) is 16.3. The van der Waals surface area contributed by atoms with Gasteiger partial charge in [-0.25, -0.2) is 4.79 Å². The molecule has 3 rings (SSSR count). The summed E-state index contributed by atoms with van der Waals surface area (Å²) >= 11 is 6.06. The second-order valence-electron chi connectivity index (χ2n) is 7.22. The van der Waals surface area contributed by atoms with Crippen molar-refractivity contribution >= 4 is 29.2 Å². The van der Waals surface area contributed by atoms with Crippen molar-refractivity contribution in [2.45, 2.75) is 31.4 Å². The number of carbonyl (C=O) groups is 2. The Morgan fingerprint density at radius 3 is 2.55 bits per heavy atom. The zero-order chi connectivity index (χ0) is 21.2. The number of carbonyl (C=O) groups excluding carboxylic acids is 2. The first-order valence-corrected chi connectivity index (χ1v) is 9.65. The topological polar surface area (TPSA) is 105 Å². The molecule has 4 N–H and O–H groups in total. The highest BCUT2D eigenvalue weighted by Crippen LogP contribution is 2.35. The Labute approximate surface area is 174 Å². The Kier molecular flexibility index (Phi) is 6.00. The molecule has 0 bridgehead atoms. The largest absolute Gasteiger partial charge is 0.497 e. The van der Waals surface area contributed by atoms with Gasteiger partial charge < -0.3 is 25.8 Å². The Hall–Kier alpha value is -2.77. The number of benzene rings is 2. The first-order chi connectivity index (χ1) is 13.7. The number of primary amides is 1. The molecule has 1 heterocycles. The first kappa shape index (κ1) is 21.0. The first-order valence-electron chi connectivity index (χ1n) is 9.28. The molecule has 2 atom stereocenters. The number of hydrogen-bond donors (Lipinski definition) is 3. The molecule has 0 radical (unpaired) electrons. The van der Waals surface area contributed by atoms with E-state index in [9.17, 15) is 14.7 Å². The van der Waals surface area contributed by atoms with Crippen molar-refractivity contribution in [1.29, 1.82) is 0 Å². The molecule has 0 saturated carbocycles. The number of nitrogens with one attached hydrogen (secondary N) is 1. The van der Waals surface area contributed by atoms with E-state index in [1.165, 1.54) is 12.1 Å². The summed E-state index contributed by atoms with van der Waals surface area (Å²) in [5.74, 6) is 0.0601. The Morgan fingerprint density at radius 1 is 1.28 bits per heavy atom. The van der Waals surface area contributed by atoms with Gasteiger partial charge in [-0.2, -0.15) is 0 Å². The molecule has 1 saturated heterocycles. The molecule has 3 amide bonds. The van der Waals surface area contributed by atoms with Crippen LogP contribution in [0.15, 0.2) is 42.5 Å². The fourth-order valence-corrected chi connectivity index (χ4v) is 3.98. The van der Waals surface area contributed by atoms with Crippen molar-refractivity contribution in [1.82, 2.24) is 4.90 Å². The third-order valence-corrected chi connectivity index (χ3v) is 5.64. The van der Waals surface area contributed by atoms with Crippen molar-refractivity contribution < 1.29 is 19.4 Å². The number of ether oxygens (including phenoxy) is 1. The molecule has 2 aromatic rings. The van der Waals surface area contributed by atoms with Crippen LogP contribution >= 0.6 is 11.6 Å². The van der Waals surface area contributed by atoms with Crippen molar-refractivity contribution in [2.24, 2.45) is 5.73 Å². The number of halogens is 1. The van der Waals surface area contributed by atoms with Crippen LogP contribution in [-0.2, 0) is 5.60 Å². The fraction of sp³-hybridized carbons (Fsp3) is 0.333. The van der Waals surface area contributed by atoms with Gasteiger partial charge in [0, 0.05) is 12.2 Å². The lowest BCUT2D eigenvalue weighted by Crippen LogP contribution is -2.49. The third-order valence-electron chi connectivity index (χ3n) is 5.32. The van der Waals surface area contributed by atoms with Crippen LogP contribution in [0.2, 0.25) is 5.02 Å². The van der Waals surface area contributed by atoms with Crippen molar-refractivity contribution in [3.8, 4) is 5.75 Å². The fourth-order valence-electron chi connectivity index (χ4n) is 3.70. The van der Waals surface area contributed by atoms with E-state index in [1.807, 2.05) is 0 Å². The average molecular weight is 418 g/mol. The van der Waals surface area contributed by atoms with Gasteiger partial charge in [0.1, 0.15) is 11.4 Å². The minimum atomic E-state index is -1.23. The Morgan fingerprint density at radius 2 is 1.97 bits per heavy atom. The number of nitrogens with two attached hydrogens (primary N) is 1. The third kappa shape index (κ3) is 4.31. The van der Waals surface area contributed by atoms with Gasteiger partial charge in [-0.1, -0.05) is 23.7 Å². The molecule has 0 aliphatic carbocycles. The highest BCUT2D eigenvalue weighted by molar-refractivity contribution is 6.34.